The van der Waals surface area contributed by atoms with Gasteiger partial charge in [0.15, 0.2) is 6.61 Å². The van der Waals surface area contributed by atoms with Crippen molar-refractivity contribution in [2.75, 3.05) is 26.0 Å². The second-order valence-electron chi connectivity index (χ2n) is 6.28. The molecular formula is C17H20ClN3O4S. The minimum absolute atomic E-state index is 0.0997. The van der Waals surface area contributed by atoms with Crippen LogP contribution in [0.15, 0.2) is 30.5 Å². The molecule has 1 aromatic heterocycles. The van der Waals surface area contributed by atoms with Gasteiger partial charge in [0.05, 0.1) is 11.3 Å². The van der Waals surface area contributed by atoms with Crippen molar-refractivity contribution in [2.24, 2.45) is 0 Å². The number of carbonyl (C=O) groups is 1. The molecule has 0 unspecified atom stereocenters. The number of pyridine rings is 1. The highest BCUT2D eigenvalue weighted by Gasteiger charge is 2.24. The van der Waals surface area contributed by atoms with Crippen LogP contribution < -0.4 is 9.46 Å². The van der Waals surface area contributed by atoms with Crippen LogP contribution in [0.4, 0.5) is 0 Å². The highest BCUT2D eigenvalue weighted by Crippen LogP contribution is 2.29. The van der Waals surface area contributed by atoms with Crippen molar-refractivity contribution < 1.29 is 17.9 Å². The van der Waals surface area contributed by atoms with E-state index in [1.165, 1.54) is 0 Å². The predicted molar refractivity (Wildman–Crippen MR) is 99.8 cm³/mol. The summed E-state index contributed by atoms with van der Waals surface area (Å²) in [6, 6.07) is 6.93. The third kappa shape index (κ3) is 4.63. The summed E-state index contributed by atoms with van der Waals surface area (Å²) in [6.07, 6.45) is 3.96. The molecule has 1 N–H and O–H groups in total. The molecule has 0 spiro atoms. The maximum Gasteiger partial charge on any atom is 0.260 e. The molecule has 1 fully saturated rings. The van der Waals surface area contributed by atoms with E-state index in [4.69, 9.17) is 16.3 Å². The lowest BCUT2D eigenvalue weighted by Gasteiger charge is -2.31. The molecular weight excluding hydrogens is 378 g/mol. The lowest BCUT2D eigenvalue weighted by Crippen LogP contribution is -2.47. The Morgan fingerprint density at radius 1 is 1.35 bits per heavy atom. The molecule has 2 heterocycles. The predicted octanol–water partition coefficient (Wildman–Crippen LogP) is 1.81. The zero-order valence-corrected chi connectivity index (χ0v) is 15.9. The Labute approximate surface area is 157 Å². The minimum atomic E-state index is -3.23. The maximum absolute atomic E-state index is 12.4. The summed E-state index contributed by atoms with van der Waals surface area (Å²) in [7, 11) is -3.23. The summed E-state index contributed by atoms with van der Waals surface area (Å²) in [6.45, 7) is 0.890. The highest BCUT2D eigenvalue weighted by molar-refractivity contribution is 7.88. The van der Waals surface area contributed by atoms with Crippen LogP contribution in [0.5, 0.6) is 5.75 Å². The van der Waals surface area contributed by atoms with Gasteiger partial charge in [0.25, 0.3) is 5.91 Å². The van der Waals surface area contributed by atoms with Crippen molar-refractivity contribution in [3.63, 3.8) is 0 Å². The van der Waals surface area contributed by atoms with Crippen LogP contribution in [0.1, 0.15) is 12.8 Å². The number of amides is 1. The van der Waals surface area contributed by atoms with Crippen LogP contribution in [0.25, 0.3) is 10.9 Å². The number of nitrogens with zero attached hydrogens (tertiary/aromatic N) is 2. The van der Waals surface area contributed by atoms with Crippen molar-refractivity contribution in [3.8, 4) is 5.75 Å². The van der Waals surface area contributed by atoms with Gasteiger partial charge in [-0.15, -0.1) is 0 Å². The average Bonchev–Trinajstić information content (AvgIpc) is 2.60. The molecule has 0 bridgehead atoms. The van der Waals surface area contributed by atoms with Gasteiger partial charge in [-0.1, -0.05) is 11.6 Å². The average molecular weight is 398 g/mol. The highest BCUT2D eigenvalue weighted by atomic mass is 35.5. The Kier molecular flexibility index (Phi) is 5.64. The molecule has 2 aromatic rings. The summed E-state index contributed by atoms with van der Waals surface area (Å²) in [5.74, 6) is 0.369. The molecule has 1 aliphatic rings. The Bertz CT molecular complexity index is 911. The first-order chi connectivity index (χ1) is 12.3. The zero-order valence-electron chi connectivity index (χ0n) is 14.3. The second kappa shape index (κ2) is 7.77. The van der Waals surface area contributed by atoms with Crippen molar-refractivity contribution in [1.82, 2.24) is 14.6 Å². The molecule has 0 aliphatic carbocycles. The number of sulfonamides is 1. The quantitative estimate of drug-likeness (QED) is 0.831. The van der Waals surface area contributed by atoms with Crippen LogP contribution in [0.2, 0.25) is 5.02 Å². The number of rotatable bonds is 5. The smallest absolute Gasteiger partial charge is 0.260 e. The van der Waals surface area contributed by atoms with Gasteiger partial charge < -0.3 is 9.64 Å². The zero-order chi connectivity index (χ0) is 18.7. The number of nitrogens with one attached hydrogen (secondary N) is 1. The van der Waals surface area contributed by atoms with E-state index in [2.05, 4.69) is 9.71 Å². The molecule has 9 heteroatoms. The molecule has 26 heavy (non-hydrogen) atoms. The standard InChI is InChI=1S/C17H20ClN3O4S/c1-26(23,24)20-12-6-9-21(10-7-12)16(22)11-25-15-5-4-14(18)13-3-2-8-19-17(13)15/h2-5,8,12,20H,6-7,9-11H2,1H3. The summed E-state index contributed by atoms with van der Waals surface area (Å²) < 4.78 is 30.8. The fraction of sp³-hybridized carbons (Fsp3) is 0.412. The number of benzene rings is 1. The Morgan fingerprint density at radius 2 is 2.08 bits per heavy atom. The number of hydrogen-bond acceptors (Lipinski definition) is 5. The molecule has 140 valence electrons. The largest absolute Gasteiger partial charge is 0.481 e. The Hall–Kier alpha value is -1.90. The number of aromatic nitrogens is 1. The van der Waals surface area contributed by atoms with Gasteiger partial charge in [-0.25, -0.2) is 13.1 Å². The molecule has 1 aliphatic heterocycles. The lowest BCUT2D eigenvalue weighted by atomic mass is 10.1. The number of halogens is 1. The van der Waals surface area contributed by atoms with Crippen LogP contribution in [0.3, 0.4) is 0 Å². The van der Waals surface area contributed by atoms with E-state index in [1.807, 2.05) is 6.07 Å². The fourth-order valence-corrected chi connectivity index (χ4v) is 4.07. The first-order valence-corrected chi connectivity index (χ1v) is 10.5. The topological polar surface area (TPSA) is 88.6 Å². The minimum Gasteiger partial charge on any atom is -0.481 e. The van der Waals surface area contributed by atoms with Gasteiger partial charge in [-0.05, 0) is 37.1 Å². The van der Waals surface area contributed by atoms with Crippen LogP contribution >= 0.6 is 11.6 Å². The van der Waals surface area contributed by atoms with Gasteiger partial charge in [0, 0.05) is 30.7 Å². The summed E-state index contributed by atoms with van der Waals surface area (Å²) in [5, 5.41) is 1.35. The van der Waals surface area contributed by atoms with E-state index in [0.29, 0.717) is 42.2 Å². The number of fused-ring (bicyclic) bond motifs is 1. The third-order valence-corrected chi connectivity index (χ3v) is 5.35. The van der Waals surface area contributed by atoms with Gasteiger partial charge in [0.1, 0.15) is 11.3 Å². The number of hydrogen-bond donors (Lipinski definition) is 1. The lowest BCUT2D eigenvalue weighted by molar-refractivity contribution is -0.134. The van der Waals surface area contributed by atoms with E-state index in [9.17, 15) is 13.2 Å². The normalized spacial score (nSPS) is 16.0. The van der Waals surface area contributed by atoms with Crippen LogP contribution in [-0.4, -0.2) is 56.2 Å². The SMILES string of the molecule is CS(=O)(=O)NC1CCN(C(=O)COc2ccc(Cl)c3cccnc23)CC1. The van der Waals surface area contributed by atoms with E-state index in [-0.39, 0.29) is 18.6 Å². The van der Waals surface area contributed by atoms with Gasteiger partial charge in [-0.3, -0.25) is 9.78 Å². The van der Waals surface area contributed by atoms with E-state index >= 15 is 0 Å². The Balaban J connectivity index is 1.58. The maximum atomic E-state index is 12.4. The molecule has 1 aromatic carbocycles. The monoisotopic (exact) mass is 397 g/mol. The number of piperidine rings is 1. The van der Waals surface area contributed by atoms with Crippen molar-refractivity contribution in [3.05, 3.63) is 35.5 Å². The van der Waals surface area contributed by atoms with Crippen LogP contribution in [0, 0.1) is 0 Å². The van der Waals surface area contributed by atoms with Gasteiger partial charge in [-0.2, -0.15) is 0 Å². The molecule has 0 saturated carbocycles. The van der Waals surface area contributed by atoms with Gasteiger partial charge in [0.2, 0.25) is 10.0 Å². The van der Waals surface area contributed by atoms with Crippen molar-refractivity contribution in [1.29, 1.82) is 0 Å². The van der Waals surface area contributed by atoms with Crippen molar-refractivity contribution >= 4 is 38.4 Å². The van der Waals surface area contributed by atoms with E-state index in [0.717, 1.165) is 11.6 Å². The number of likely N-dealkylation sites (tertiary alicyclic amines) is 1. The molecule has 7 nitrogen and oxygen atoms in total. The van der Waals surface area contributed by atoms with Gasteiger partial charge >= 0.3 is 0 Å². The number of ether oxygens (including phenoxy) is 1. The van der Waals surface area contributed by atoms with E-state index in [1.54, 1.807) is 29.3 Å². The molecule has 0 atom stereocenters. The molecule has 1 amide bonds. The fourth-order valence-electron chi connectivity index (χ4n) is 3.01. The molecule has 3 rings (SSSR count). The first kappa shape index (κ1) is 18.9. The second-order valence-corrected chi connectivity index (χ2v) is 8.47. The summed E-state index contributed by atoms with van der Waals surface area (Å²) in [5.41, 5.74) is 0.615. The summed E-state index contributed by atoms with van der Waals surface area (Å²) in [4.78, 5) is 18.3. The third-order valence-electron chi connectivity index (χ3n) is 4.26. The summed E-state index contributed by atoms with van der Waals surface area (Å²) >= 11 is 6.15. The first-order valence-electron chi connectivity index (χ1n) is 8.24. The van der Waals surface area contributed by atoms with Crippen molar-refractivity contribution in [2.45, 2.75) is 18.9 Å². The molecule has 0 radical (unpaired) electrons. The number of carbonyl (C=O) groups excluding carboxylic acids is 1. The van der Waals surface area contributed by atoms with Crippen LogP contribution in [-0.2, 0) is 14.8 Å². The Morgan fingerprint density at radius 3 is 2.77 bits per heavy atom. The molecule has 1 saturated heterocycles. The van der Waals surface area contributed by atoms with E-state index < -0.39 is 10.0 Å².